The average molecular weight is 263 g/mol. The lowest BCUT2D eigenvalue weighted by atomic mass is 10.2. The Morgan fingerprint density at radius 3 is 2.89 bits per heavy atom. The van der Waals surface area contributed by atoms with Crippen LogP contribution in [0.5, 0.6) is 5.75 Å². The van der Waals surface area contributed by atoms with Crippen molar-refractivity contribution < 1.29 is 14.3 Å². The summed E-state index contributed by atoms with van der Waals surface area (Å²) in [6, 6.07) is 1.62. The third kappa shape index (κ3) is 4.79. The van der Waals surface area contributed by atoms with Crippen molar-refractivity contribution in [3.05, 3.63) is 24.4 Å². The highest BCUT2D eigenvalue weighted by molar-refractivity contribution is 5.69. The molecule has 0 atom stereocenters. The van der Waals surface area contributed by atoms with E-state index in [0.717, 1.165) is 0 Å². The van der Waals surface area contributed by atoms with Gasteiger partial charge in [-0.3, -0.25) is 0 Å². The van der Waals surface area contributed by atoms with Gasteiger partial charge in [0.1, 0.15) is 0 Å². The molecule has 0 radical (unpaired) electrons. The normalized spacial score (nSPS) is 10.3. The Kier molecular flexibility index (Phi) is 5.53. The number of aromatic nitrogens is 1. The van der Waals surface area contributed by atoms with Crippen LogP contribution in [0.25, 0.3) is 6.08 Å². The number of aliphatic imine (C=N–C) groups is 1. The molecule has 0 fully saturated rings. The number of nitrogens with zero attached hydrogens (tertiary/aromatic N) is 3. The number of pyridine rings is 1. The maximum atomic E-state index is 11.2. The molecule has 0 saturated carbocycles. The summed E-state index contributed by atoms with van der Waals surface area (Å²) in [6.45, 7) is 5.63. The quantitative estimate of drug-likeness (QED) is 0.464. The van der Waals surface area contributed by atoms with Crippen molar-refractivity contribution in [2.24, 2.45) is 4.99 Å². The van der Waals surface area contributed by atoms with Crippen molar-refractivity contribution >= 4 is 24.4 Å². The molecule has 0 saturated heterocycles. The standard InChI is InChI=1S/C13H17N3O3/c1-5-10-7-11(19-13(17)18-6-2)8-14-12(10)15-9-16(3)4/h5,7-9H,1,6H2,2-4H3. The first-order valence-electron chi connectivity index (χ1n) is 5.74. The SMILES string of the molecule is C=Cc1cc(OC(=O)OCC)cnc1N=CN(C)C. The van der Waals surface area contributed by atoms with Gasteiger partial charge in [-0.2, -0.15) is 0 Å². The molecule has 1 heterocycles. The van der Waals surface area contributed by atoms with Crippen molar-refractivity contribution in [1.29, 1.82) is 0 Å². The first-order valence-corrected chi connectivity index (χ1v) is 5.74. The largest absolute Gasteiger partial charge is 0.513 e. The fourth-order valence-corrected chi connectivity index (χ4v) is 1.18. The molecular formula is C13H17N3O3. The Bertz CT molecular complexity index is 484. The summed E-state index contributed by atoms with van der Waals surface area (Å²) in [6.07, 6.45) is 3.87. The molecule has 6 heteroatoms. The molecule has 1 aromatic rings. The number of hydrogen-bond donors (Lipinski definition) is 0. The van der Waals surface area contributed by atoms with E-state index in [1.165, 1.54) is 6.20 Å². The maximum Gasteiger partial charge on any atom is 0.513 e. The van der Waals surface area contributed by atoms with E-state index in [9.17, 15) is 4.79 Å². The van der Waals surface area contributed by atoms with Crippen LogP contribution in [0.3, 0.4) is 0 Å². The molecular weight excluding hydrogens is 246 g/mol. The van der Waals surface area contributed by atoms with Crippen molar-refractivity contribution in [2.75, 3.05) is 20.7 Å². The van der Waals surface area contributed by atoms with Gasteiger partial charge in [0.2, 0.25) is 0 Å². The van der Waals surface area contributed by atoms with Crippen LogP contribution in [-0.2, 0) is 4.74 Å². The van der Waals surface area contributed by atoms with Crippen LogP contribution in [0.15, 0.2) is 23.8 Å². The predicted molar refractivity (Wildman–Crippen MR) is 73.8 cm³/mol. The second-order valence-corrected chi connectivity index (χ2v) is 3.78. The fraction of sp³-hybridized carbons (Fsp3) is 0.308. The van der Waals surface area contributed by atoms with Crippen LogP contribution in [-0.4, -0.2) is 43.1 Å². The third-order valence-corrected chi connectivity index (χ3v) is 1.96. The number of carbonyl (C=O) groups excluding carboxylic acids is 1. The van der Waals surface area contributed by atoms with E-state index in [2.05, 4.69) is 21.3 Å². The molecule has 0 aliphatic carbocycles. The summed E-state index contributed by atoms with van der Waals surface area (Å²) in [5, 5.41) is 0. The smallest absolute Gasteiger partial charge is 0.434 e. The zero-order valence-corrected chi connectivity index (χ0v) is 11.3. The zero-order chi connectivity index (χ0) is 14.3. The van der Waals surface area contributed by atoms with Crippen molar-refractivity contribution in [3.8, 4) is 5.75 Å². The molecule has 0 unspecified atom stereocenters. The summed E-state index contributed by atoms with van der Waals surface area (Å²) in [4.78, 5) is 21.3. The van der Waals surface area contributed by atoms with Gasteiger partial charge in [-0.05, 0) is 13.0 Å². The first-order chi connectivity index (χ1) is 9.06. The number of hydrogen-bond acceptors (Lipinski definition) is 5. The second kappa shape index (κ2) is 7.15. The van der Waals surface area contributed by atoms with Gasteiger partial charge in [-0.1, -0.05) is 12.7 Å². The topological polar surface area (TPSA) is 64.0 Å². The van der Waals surface area contributed by atoms with Gasteiger partial charge in [-0.25, -0.2) is 14.8 Å². The van der Waals surface area contributed by atoms with E-state index >= 15 is 0 Å². The van der Waals surface area contributed by atoms with E-state index in [1.54, 1.807) is 30.3 Å². The lowest BCUT2D eigenvalue weighted by Gasteiger charge is -2.07. The van der Waals surface area contributed by atoms with Crippen LogP contribution >= 0.6 is 0 Å². The van der Waals surface area contributed by atoms with Gasteiger partial charge in [0.15, 0.2) is 11.6 Å². The monoisotopic (exact) mass is 263 g/mol. The molecule has 0 N–H and O–H groups in total. The minimum absolute atomic E-state index is 0.256. The van der Waals surface area contributed by atoms with Gasteiger partial charge >= 0.3 is 6.16 Å². The van der Waals surface area contributed by atoms with Crippen LogP contribution in [0.2, 0.25) is 0 Å². The van der Waals surface area contributed by atoms with E-state index < -0.39 is 6.16 Å². The van der Waals surface area contributed by atoms with Crippen molar-refractivity contribution in [3.63, 3.8) is 0 Å². The average Bonchev–Trinajstić information content (AvgIpc) is 2.37. The second-order valence-electron chi connectivity index (χ2n) is 3.78. The van der Waals surface area contributed by atoms with Crippen molar-refractivity contribution in [2.45, 2.75) is 6.92 Å². The number of rotatable bonds is 5. The molecule has 19 heavy (non-hydrogen) atoms. The molecule has 6 nitrogen and oxygen atoms in total. The molecule has 102 valence electrons. The summed E-state index contributed by atoms with van der Waals surface area (Å²) in [5.74, 6) is 0.789. The Balaban J connectivity index is 2.89. The summed E-state index contributed by atoms with van der Waals surface area (Å²) in [5.41, 5.74) is 0.667. The highest BCUT2D eigenvalue weighted by atomic mass is 16.7. The molecule has 1 rings (SSSR count). The van der Waals surface area contributed by atoms with E-state index in [0.29, 0.717) is 11.4 Å². The lowest BCUT2D eigenvalue weighted by Crippen LogP contribution is -2.10. The highest BCUT2D eigenvalue weighted by Crippen LogP contribution is 2.22. The van der Waals surface area contributed by atoms with Crippen LogP contribution in [0, 0.1) is 0 Å². The minimum atomic E-state index is -0.760. The Morgan fingerprint density at radius 2 is 2.32 bits per heavy atom. The Morgan fingerprint density at radius 1 is 1.58 bits per heavy atom. The van der Waals surface area contributed by atoms with Gasteiger partial charge in [0, 0.05) is 19.7 Å². The van der Waals surface area contributed by atoms with Crippen LogP contribution in [0.1, 0.15) is 12.5 Å². The number of ether oxygens (including phenoxy) is 2. The third-order valence-electron chi connectivity index (χ3n) is 1.96. The van der Waals surface area contributed by atoms with E-state index in [1.807, 2.05) is 14.1 Å². The first kappa shape index (κ1) is 14.7. The molecule has 0 amide bonds. The van der Waals surface area contributed by atoms with Crippen LogP contribution < -0.4 is 4.74 Å². The van der Waals surface area contributed by atoms with Crippen LogP contribution in [0.4, 0.5) is 10.6 Å². The zero-order valence-electron chi connectivity index (χ0n) is 11.3. The van der Waals surface area contributed by atoms with Gasteiger partial charge in [0.25, 0.3) is 0 Å². The number of carbonyl (C=O) groups is 1. The predicted octanol–water partition coefficient (Wildman–Crippen LogP) is 2.48. The molecule has 0 spiro atoms. The summed E-state index contributed by atoms with van der Waals surface area (Å²) in [7, 11) is 3.71. The molecule has 0 aliphatic heterocycles. The van der Waals surface area contributed by atoms with Gasteiger partial charge in [0.05, 0.1) is 19.1 Å². The molecule has 0 aliphatic rings. The van der Waals surface area contributed by atoms with Crippen molar-refractivity contribution in [1.82, 2.24) is 9.88 Å². The Labute approximate surface area is 112 Å². The lowest BCUT2D eigenvalue weighted by molar-refractivity contribution is 0.104. The van der Waals surface area contributed by atoms with E-state index in [-0.39, 0.29) is 12.4 Å². The summed E-state index contributed by atoms with van der Waals surface area (Å²) < 4.78 is 9.62. The minimum Gasteiger partial charge on any atom is -0.434 e. The highest BCUT2D eigenvalue weighted by Gasteiger charge is 2.08. The van der Waals surface area contributed by atoms with Gasteiger partial charge in [-0.15, -0.1) is 0 Å². The van der Waals surface area contributed by atoms with Gasteiger partial charge < -0.3 is 14.4 Å². The Hall–Kier alpha value is -2.37. The fourth-order valence-electron chi connectivity index (χ4n) is 1.18. The molecule has 0 aromatic carbocycles. The molecule has 0 bridgehead atoms. The maximum absolute atomic E-state index is 11.2. The van der Waals surface area contributed by atoms with E-state index in [4.69, 9.17) is 4.74 Å². The molecule has 1 aromatic heterocycles. The summed E-state index contributed by atoms with van der Waals surface area (Å²) >= 11 is 0.